The van der Waals surface area contributed by atoms with Crippen molar-refractivity contribution >= 4 is 33.4 Å². The molecular formula is C22H25BrN2O4. The zero-order chi connectivity index (χ0) is 20.6. The van der Waals surface area contributed by atoms with Crippen LogP contribution in [0, 0.1) is 6.92 Å². The fraction of sp³-hybridized carbons (Fsp3) is 0.364. The first-order chi connectivity index (χ1) is 14.0. The minimum Gasteiger partial charge on any atom is -0.489 e. The van der Waals surface area contributed by atoms with Crippen molar-refractivity contribution < 1.29 is 19.1 Å². The molecule has 2 N–H and O–H groups in total. The summed E-state index contributed by atoms with van der Waals surface area (Å²) in [5.74, 6) is 0.237. The van der Waals surface area contributed by atoms with E-state index in [4.69, 9.17) is 9.47 Å². The zero-order valence-corrected chi connectivity index (χ0v) is 18.0. The molecule has 0 bridgehead atoms. The molecule has 2 amide bonds. The third-order valence-electron chi connectivity index (χ3n) is 4.60. The van der Waals surface area contributed by atoms with E-state index in [1.165, 1.54) is 0 Å². The van der Waals surface area contributed by atoms with Gasteiger partial charge >= 0.3 is 0 Å². The Bertz CT molecular complexity index is 848. The number of anilines is 1. The summed E-state index contributed by atoms with van der Waals surface area (Å²) in [6.45, 7) is 3.47. The Hall–Kier alpha value is -2.38. The predicted octanol–water partition coefficient (Wildman–Crippen LogP) is 4.07. The molecule has 1 saturated heterocycles. The molecule has 7 heteroatoms. The SMILES string of the molecule is Cc1ccc(NC(=O)CCNC(=O)c2ccc(Br)cc2)c(OCC2CCCO2)c1. The number of halogens is 1. The van der Waals surface area contributed by atoms with Gasteiger partial charge in [-0.25, -0.2) is 0 Å². The second kappa shape index (κ2) is 10.4. The van der Waals surface area contributed by atoms with Crippen LogP contribution in [0.1, 0.15) is 35.2 Å². The van der Waals surface area contributed by atoms with Crippen molar-refractivity contribution in [3.05, 3.63) is 58.1 Å². The normalized spacial score (nSPS) is 15.7. The highest BCUT2D eigenvalue weighted by atomic mass is 79.9. The lowest BCUT2D eigenvalue weighted by atomic mass is 10.2. The first kappa shape index (κ1) is 21.3. The van der Waals surface area contributed by atoms with Gasteiger partial charge in [-0.15, -0.1) is 0 Å². The van der Waals surface area contributed by atoms with Gasteiger partial charge in [0.25, 0.3) is 5.91 Å². The van der Waals surface area contributed by atoms with Crippen molar-refractivity contribution in [2.24, 2.45) is 0 Å². The fourth-order valence-corrected chi connectivity index (χ4v) is 3.28. The summed E-state index contributed by atoms with van der Waals surface area (Å²) in [7, 11) is 0. The van der Waals surface area contributed by atoms with Gasteiger partial charge in [0.15, 0.2) is 0 Å². The molecule has 2 aromatic rings. The number of rotatable bonds is 8. The summed E-state index contributed by atoms with van der Waals surface area (Å²) in [4.78, 5) is 24.4. The molecule has 0 saturated carbocycles. The van der Waals surface area contributed by atoms with Gasteiger partial charge in [-0.05, 0) is 61.7 Å². The summed E-state index contributed by atoms with van der Waals surface area (Å²) >= 11 is 3.34. The van der Waals surface area contributed by atoms with Crippen molar-refractivity contribution in [2.75, 3.05) is 25.1 Å². The Morgan fingerprint density at radius 1 is 1.21 bits per heavy atom. The standard InChI is InChI=1S/C22H25BrN2O4/c1-15-4-9-19(20(13-15)29-14-18-3-2-12-28-18)25-21(26)10-11-24-22(27)16-5-7-17(23)8-6-16/h4-9,13,18H,2-3,10-12,14H2,1H3,(H,24,27)(H,25,26). The lowest BCUT2D eigenvalue weighted by Crippen LogP contribution is -2.27. The Morgan fingerprint density at radius 3 is 2.72 bits per heavy atom. The molecule has 1 heterocycles. The molecule has 3 rings (SSSR count). The van der Waals surface area contributed by atoms with Gasteiger partial charge in [-0.2, -0.15) is 0 Å². The molecular weight excluding hydrogens is 436 g/mol. The minimum atomic E-state index is -0.207. The average Bonchev–Trinajstić information content (AvgIpc) is 3.22. The maximum absolute atomic E-state index is 12.3. The Morgan fingerprint density at radius 2 is 2.00 bits per heavy atom. The molecule has 1 aliphatic rings. The third kappa shape index (κ3) is 6.58. The summed E-state index contributed by atoms with van der Waals surface area (Å²) in [5, 5.41) is 5.63. The van der Waals surface area contributed by atoms with Crippen molar-refractivity contribution in [3.63, 3.8) is 0 Å². The molecule has 1 unspecified atom stereocenters. The monoisotopic (exact) mass is 460 g/mol. The second-order valence-corrected chi connectivity index (χ2v) is 7.92. The molecule has 0 radical (unpaired) electrons. The number of ether oxygens (including phenoxy) is 2. The lowest BCUT2D eigenvalue weighted by Gasteiger charge is -2.16. The third-order valence-corrected chi connectivity index (χ3v) is 5.13. The quantitative estimate of drug-likeness (QED) is 0.622. The van der Waals surface area contributed by atoms with Crippen molar-refractivity contribution in [1.82, 2.24) is 5.32 Å². The number of aryl methyl sites for hydroxylation is 1. The largest absolute Gasteiger partial charge is 0.489 e. The van der Waals surface area contributed by atoms with Gasteiger partial charge in [0.2, 0.25) is 5.91 Å². The van der Waals surface area contributed by atoms with E-state index in [2.05, 4.69) is 26.6 Å². The average molecular weight is 461 g/mol. The summed E-state index contributed by atoms with van der Waals surface area (Å²) in [5.41, 5.74) is 2.22. The van der Waals surface area contributed by atoms with Crippen molar-refractivity contribution in [2.45, 2.75) is 32.3 Å². The molecule has 2 aromatic carbocycles. The fourth-order valence-electron chi connectivity index (χ4n) is 3.02. The van der Waals surface area contributed by atoms with E-state index in [1.807, 2.05) is 25.1 Å². The van der Waals surface area contributed by atoms with Gasteiger partial charge < -0.3 is 20.1 Å². The number of nitrogens with one attached hydrogen (secondary N) is 2. The topological polar surface area (TPSA) is 76.7 Å². The van der Waals surface area contributed by atoms with Crippen LogP contribution < -0.4 is 15.4 Å². The van der Waals surface area contributed by atoms with Crippen molar-refractivity contribution in [3.8, 4) is 5.75 Å². The molecule has 154 valence electrons. The first-order valence-corrected chi connectivity index (χ1v) is 10.5. The number of benzene rings is 2. The maximum atomic E-state index is 12.3. The molecule has 29 heavy (non-hydrogen) atoms. The van der Waals surface area contributed by atoms with Gasteiger partial charge in [0.1, 0.15) is 12.4 Å². The van der Waals surface area contributed by atoms with Crippen LogP contribution in [0.3, 0.4) is 0 Å². The minimum absolute atomic E-state index is 0.105. The van der Waals surface area contributed by atoms with E-state index in [9.17, 15) is 9.59 Å². The van der Waals surface area contributed by atoms with Crippen LogP contribution in [0.15, 0.2) is 46.9 Å². The maximum Gasteiger partial charge on any atom is 0.251 e. The summed E-state index contributed by atoms with van der Waals surface area (Å²) in [6, 6.07) is 12.7. The van der Waals surface area contributed by atoms with E-state index in [0.29, 0.717) is 23.6 Å². The smallest absolute Gasteiger partial charge is 0.251 e. The number of hydrogen-bond donors (Lipinski definition) is 2. The first-order valence-electron chi connectivity index (χ1n) is 9.70. The van der Waals surface area contributed by atoms with Crippen molar-refractivity contribution in [1.29, 1.82) is 0 Å². The van der Waals surface area contributed by atoms with Crippen LogP contribution >= 0.6 is 15.9 Å². The molecule has 1 aliphatic heterocycles. The zero-order valence-electron chi connectivity index (χ0n) is 16.4. The molecule has 0 aliphatic carbocycles. The van der Waals surface area contributed by atoms with E-state index in [0.717, 1.165) is 29.5 Å². The van der Waals surface area contributed by atoms with Crippen LogP contribution in [0.2, 0.25) is 0 Å². The molecule has 0 spiro atoms. The van der Waals surface area contributed by atoms with E-state index < -0.39 is 0 Å². The number of carbonyl (C=O) groups is 2. The second-order valence-electron chi connectivity index (χ2n) is 7.01. The van der Waals surface area contributed by atoms with E-state index >= 15 is 0 Å². The number of carbonyl (C=O) groups excluding carboxylic acids is 2. The van der Waals surface area contributed by atoms with Crippen LogP contribution in [-0.2, 0) is 9.53 Å². The Balaban J connectivity index is 1.49. The van der Waals surface area contributed by atoms with Crippen LogP contribution in [0.5, 0.6) is 5.75 Å². The summed E-state index contributed by atoms with van der Waals surface area (Å²) in [6.07, 6.45) is 2.32. The Kier molecular flexibility index (Phi) is 7.66. The highest BCUT2D eigenvalue weighted by Gasteiger charge is 2.17. The number of hydrogen-bond acceptors (Lipinski definition) is 4. The number of amides is 2. The Labute approximate surface area is 179 Å². The molecule has 6 nitrogen and oxygen atoms in total. The van der Waals surface area contributed by atoms with Gasteiger partial charge in [0, 0.05) is 29.6 Å². The molecule has 1 fully saturated rings. The van der Waals surface area contributed by atoms with Gasteiger partial charge in [-0.1, -0.05) is 22.0 Å². The van der Waals surface area contributed by atoms with Crippen LogP contribution in [-0.4, -0.2) is 37.7 Å². The molecule has 0 aromatic heterocycles. The highest BCUT2D eigenvalue weighted by Crippen LogP contribution is 2.27. The van der Waals surface area contributed by atoms with Gasteiger partial charge in [0.05, 0.1) is 11.8 Å². The molecule has 1 atom stereocenters. The highest BCUT2D eigenvalue weighted by molar-refractivity contribution is 9.10. The van der Waals surface area contributed by atoms with Crippen LogP contribution in [0.25, 0.3) is 0 Å². The van der Waals surface area contributed by atoms with E-state index in [1.54, 1.807) is 24.3 Å². The summed E-state index contributed by atoms with van der Waals surface area (Å²) < 4.78 is 12.4. The predicted molar refractivity (Wildman–Crippen MR) is 115 cm³/mol. The lowest BCUT2D eigenvalue weighted by molar-refractivity contribution is -0.116. The van der Waals surface area contributed by atoms with Gasteiger partial charge in [-0.3, -0.25) is 9.59 Å². The van der Waals surface area contributed by atoms with Crippen LogP contribution in [0.4, 0.5) is 5.69 Å². The van der Waals surface area contributed by atoms with E-state index in [-0.39, 0.29) is 30.9 Å².